The van der Waals surface area contributed by atoms with Gasteiger partial charge in [-0.05, 0) is 25.2 Å². The summed E-state index contributed by atoms with van der Waals surface area (Å²) in [5.74, 6) is -1.09. The number of fused-ring (bicyclic) bond motifs is 3. The zero-order chi connectivity index (χ0) is 19.0. The van der Waals surface area contributed by atoms with Gasteiger partial charge in [-0.1, -0.05) is 36.4 Å². The van der Waals surface area contributed by atoms with Crippen molar-refractivity contribution in [3.05, 3.63) is 47.7 Å². The first-order chi connectivity index (χ1) is 13.0. The molecule has 0 atom stereocenters. The predicted molar refractivity (Wildman–Crippen MR) is 101 cm³/mol. The third kappa shape index (κ3) is 3.17. The van der Waals surface area contributed by atoms with E-state index in [1.54, 1.807) is 0 Å². The number of hydrogen-bond donors (Lipinski definition) is 2. The van der Waals surface area contributed by atoms with E-state index in [0.717, 1.165) is 21.7 Å². The number of carboxylic acid groups (broad SMARTS) is 1. The van der Waals surface area contributed by atoms with E-state index >= 15 is 0 Å². The normalized spacial score (nSPS) is 16.5. The maximum Gasteiger partial charge on any atom is 0.305 e. The number of rotatable bonds is 4. The first-order valence-corrected chi connectivity index (χ1v) is 9.02. The molecule has 0 saturated carbocycles. The number of nitrogens with one attached hydrogen (secondary N) is 1. The van der Waals surface area contributed by atoms with Crippen LogP contribution < -0.4 is 5.32 Å². The van der Waals surface area contributed by atoms with Gasteiger partial charge in [0.15, 0.2) is 5.76 Å². The van der Waals surface area contributed by atoms with Crippen LogP contribution in [0.4, 0.5) is 0 Å². The molecule has 3 aromatic rings. The number of aryl methyl sites for hydroxylation is 1. The van der Waals surface area contributed by atoms with Crippen LogP contribution in [0.5, 0.6) is 0 Å². The Hall–Kier alpha value is -2.86. The smallest absolute Gasteiger partial charge is 0.305 e. The first-order valence-electron chi connectivity index (χ1n) is 9.02. The van der Waals surface area contributed by atoms with E-state index in [2.05, 4.69) is 5.32 Å². The van der Waals surface area contributed by atoms with Gasteiger partial charge in [-0.3, -0.25) is 9.59 Å². The van der Waals surface area contributed by atoms with Crippen molar-refractivity contribution in [2.45, 2.75) is 31.7 Å². The monoisotopic (exact) mass is 367 g/mol. The Labute approximate surface area is 156 Å². The number of benzene rings is 2. The van der Waals surface area contributed by atoms with E-state index in [-0.39, 0.29) is 18.1 Å². The predicted octanol–water partition coefficient (Wildman–Crippen LogP) is 3.65. The molecule has 6 heteroatoms. The van der Waals surface area contributed by atoms with Crippen LogP contribution in [0.2, 0.25) is 0 Å². The fraction of sp³-hybridized carbons (Fsp3) is 0.333. The second-order valence-electron chi connectivity index (χ2n) is 7.14. The Kier molecular flexibility index (Phi) is 4.36. The topological polar surface area (TPSA) is 88.8 Å². The molecule has 0 spiro atoms. The molecule has 2 N–H and O–H groups in total. The highest BCUT2D eigenvalue weighted by atomic mass is 16.5. The summed E-state index contributed by atoms with van der Waals surface area (Å²) in [4.78, 5) is 24.3. The minimum Gasteiger partial charge on any atom is -0.481 e. The quantitative estimate of drug-likeness (QED) is 0.735. The molecular weight excluding hydrogens is 346 g/mol. The number of ether oxygens (including phenoxy) is 1. The lowest BCUT2D eigenvalue weighted by molar-refractivity contribution is -0.139. The Bertz CT molecular complexity index is 1030. The van der Waals surface area contributed by atoms with Gasteiger partial charge in [0.2, 0.25) is 0 Å². The largest absolute Gasteiger partial charge is 0.481 e. The van der Waals surface area contributed by atoms with Crippen LogP contribution in [-0.4, -0.2) is 35.7 Å². The van der Waals surface area contributed by atoms with Crippen molar-refractivity contribution in [3.8, 4) is 0 Å². The highest BCUT2D eigenvalue weighted by Crippen LogP contribution is 2.32. The van der Waals surface area contributed by atoms with Gasteiger partial charge >= 0.3 is 5.97 Å². The molecule has 0 bridgehead atoms. The van der Waals surface area contributed by atoms with E-state index in [1.807, 2.05) is 43.3 Å². The number of furan rings is 1. The van der Waals surface area contributed by atoms with Gasteiger partial charge in [0, 0.05) is 29.5 Å². The molecule has 6 nitrogen and oxygen atoms in total. The SMILES string of the molecule is Cc1c(C(=O)NC2(CC(=O)O)CCOCC2)oc2c1ccc1ccccc12. The summed E-state index contributed by atoms with van der Waals surface area (Å²) < 4.78 is 11.3. The van der Waals surface area contributed by atoms with Crippen molar-refractivity contribution in [1.82, 2.24) is 5.32 Å². The van der Waals surface area contributed by atoms with Gasteiger partial charge in [-0.15, -0.1) is 0 Å². The molecule has 1 saturated heterocycles. The average Bonchev–Trinajstić information content (AvgIpc) is 2.99. The number of aliphatic carboxylic acids is 1. The van der Waals surface area contributed by atoms with Crippen molar-refractivity contribution < 1.29 is 23.8 Å². The summed E-state index contributed by atoms with van der Waals surface area (Å²) in [7, 11) is 0. The van der Waals surface area contributed by atoms with Crippen molar-refractivity contribution in [2.75, 3.05) is 13.2 Å². The lowest BCUT2D eigenvalue weighted by Gasteiger charge is -2.36. The van der Waals surface area contributed by atoms with Crippen LogP contribution in [0.15, 0.2) is 40.8 Å². The van der Waals surface area contributed by atoms with E-state index in [9.17, 15) is 14.7 Å². The highest BCUT2D eigenvalue weighted by Gasteiger charge is 2.37. The van der Waals surface area contributed by atoms with E-state index in [1.165, 1.54) is 0 Å². The minimum absolute atomic E-state index is 0.135. The third-order valence-electron chi connectivity index (χ3n) is 5.35. The molecule has 1 amide bonds. The molecule has 27 heavy (non-hydrogen) atoms. The number of carbonyl (C=O) groups is 2. The number of carbonyl (C=O) groups excluding carboxylic acids is 1. The van der Waals surface area contributed by atoms with E-state index in [4.69, 9.17) is 9.15 Å². The zero-order valence-electron chi connectivity index (χ0n) is 15.1. The number of amides is 1. The van der Waals surface area contributed by atoms with E-state index < -0.39 is 11.5 Å². The van der Waals surface area contributed by atoms with Crippen LogP contribution in [0.1, 0.15) is 35.4 Å². The summed E-state index contributed by atoms with van der Waals surface area (Å²) >= 11 is 0. The second kappa shape index (κ2) is 6.70. The Balaban J connectivity index is 1.72. The molecule has 0 unspecified atom stereocenters. The summed E-state index contributed by atoms with van der Waals surface area (Å²) in [5, 5.41) is 15.1. The van der Waals surface area contributed by atoms with Crippen molar-refractivity contribution in [2.24, 2.45) is 0 Å². The summed E-state index contributed by atoms with van der Waals surface area (Å²) in [6.45, 7) is 2.71. The van der Waals surface area contributed by atoms with Gasteiger partial charge in [0.05, 0.1) is 12.0 Å². The molecule has 0 aliphatic carbocycles. The molecule has 2 aromatic carbocycles. The van der Waals surface area contributed by atoms with Crippen LogP contribution in [-0.2, 0) is 9.53 Å². The van der Waals surface area contributed by atoms with Crippen LogP contribution in [0, 0.1) is 6.92 Å². The highest BCUT2D eigenvalue weighted by molar-refractivity contribution is 6.09. The Morgan fingerprint density at radius 3 is 2.59 bits per heavy atom. The summed E-state index contributed by atoms with van der Waals surface area (Å²) in [6, 6.07) is 11.8. The van der Waals surface area contributed by atoms with Gasteiger partial charge in [-0.2, -0.15) is 0 Å². The van der Waals surface area contributed by atoms with Crippen LogP contribution >= 0.6 is 0 Å². The first kappa shape index (κ1) is 17.5. The van der Waals surface area contributed by atoms with Crippen molar-refractivity contribution in [1.29, 1.82) is 0 Å². The van der Waals surface area contributed by atoms with Gasteiger partial charge < -0.3 is 19.6 Å². The minimum atomic E-state index is -0.940. The Morgan fingerprint density at radius 1 is 1.11 bits per heavy atom. The molecule has 1 fully saturated rings. The molecule has 2 heterocycles. The standard InChI is InChI=1S/C21H21NO5/c1-13-15-7-6-14-4-2-3-5-16(14)19(15)27-18(13)20(25)22-21(12-17(23)24)8-10-26-11-9-21/h2-7H,8-12H2,1H3,(H,22,25)(H,23,24). The summed E-state index contributed by atoms with van der Waals surface area (Å²) in [5.41, 5.74) is 0.620. The molecule has 4 rings (SSSR count). The summed E-state index contributed by atoms with van der Waals surface area (Å²) in [6.07, 6.45) is 0.796. The average molecular weight is 367 g/mol. The number of hydrogen-bond acceptors (Lipinski definition) is 4. The van der Waals surface area contributed by atoms with Crippen molar-refractivity contribution >= 4 is 33.6 Å². The zero-order valence-corrected chi connectivity index (χ0v) is 15.1. The fourth-order valence-electron chi connectivity index (χ4n) is 3.86. The maximum absolute atomic E-state index is 13.0. The molecule has 1 aliphatic heterocycles. The van der Waals surface area contributed by atoms with Crippen LogP contribution in [0.25, 0.3) is 21.7 Å². The van der Waals surface area contributed by atoms with Gasteiger partial charge in [0.25, 0.3) is 5.91 Å². The van der Waals surface area contributed by atoms with Crippen LogP contribution in [0.3, 0.4) is 0 Å². The fourth-order valence-corrected chi connectivity index (χ4v) is 3.86. The van der Waals surface area contributed by atoms with Crippen molar-refractivity contribution in [3.63, 3.8) is 0 Å². The maximum atomic E-state index is 13.0. The van der Waals surface area contributed by atoms with Gasteiger partial charge in [0.1, 0.15) is 5.58 Å². The molecule has 1 aromatic heterocycles. The molecule has 140 valence electrons. The second-order valence-corrected chi connectivity index (χ2v) is 7.14. The Morgan fingerprint density at radius 2 is 1.85 bits per heavy atom. The molecule has 1 aliphatic rings. The molecule has 0 radical (unpaired) electrons. The van der Waals surface area contributed by atoms with Gasteiger partial charge in [-0.25, -0.2) is 0 Å². The lowest BCUT2D eigenvalue weighted by atomic mass is 9.86. The van der Waals surface area contributed by atoms with E-state index in [0.29, 0.717) is 31.6 Å². The lowest BCUT2D eigenvalue weighted by Crippen LogP contribution is -2.53. The number of carboxylic acids is 1. The third-order valence-corrected chi connectivity index (χ3v) is 5.35. The molecular formula is C21H21NO5.